The van der Waals surface area contributed by atoms with Crippen LogP contribution in [0, 0.1) is 11.8 Å². The van der Waals surface area contributed by atoms with Gasteiger partial charge in [0.15, 0.2) is 0 Å². The van der Waals surface area contributed by atoms with Gasteiger partial charge in [0.2, 0.25) is 5.91 Å². The molecule has 0 saturated heterocycles. The molecule has 5 heteroatoms. The molecule has 5 nitrogen and oxygen atoms in total. The lowest BCUT2D eigenvalue weighted by atomic mass is 10.0. The van der Waals surface area contributed by atoms with Gasteiger partial charge in [0.1, 0.15) is 5.82 Å². The van der Waals surface area contributed by atoms with E-state index in [1.54, 1.807) is 24.4 Å². The van der Waals surface area contributed by atoms with Crippen LogP contribution in [0.2, 0.25) is 0 Å². The molecule has 0 unspecified atom stereocenters. The van der Waals surface area contributed by atoms with Crippen molar-refractivity contribution >= 4 is 17.7 Å². The van der Waals surface area contributed by atoms with Gasteiger partial charge < -0.3 is 10.4 Å². The summed E-state index contributed by atoms with van der Waals surface area (Å²) in [5.74, 6) is -1.02. The highest BCUT2D eigenvalue weighted by Crippen LogP contribution is 2.31. The molecular weight excluding hydrogens is 220 g/mol. The average molecular weight is 234 g/mol. The van der Waals surface area contributed by atoms with Crippen LogP contribution in [0.1, 0.15) is 19.3 Å². The molecule has 1 aromatic rings. The van der Waals surface area contributed by atoms with Crippen LogP contribution in [-0.4, -0.2) is 22.0 Å². The van der Waals surface area contributed by atoms with Gasteiger partial charge in [0.05, 0.1) is 5.92 Å². The summed E-state index contributed by atoms with van der Waals surface area (Å²) in [6.07, 6.45) is 3.24. The van der Waals surface area contributed by atoms with E-state index in [-0.39, 0.29) is 17.7 Å². The first kappa shape index (κ1) is 11.6. The van der Waals surface area contributed by atoms with Crippen molar-refractivity contribution in [3.63, 3.8) is 0 Å². The zero-order valence-corrected chi connectivity index (χ0v) is 9.30. The first-order valence-corrected chi connectivity index (χ1v) is 5.61. The molecule has 1 fully saturated rings. The standard InChI is InChI=1S/C12H14N2O3/c15-11(14-10-3-1-2-6-13-10)8-4-5-9(7-8)12(16)17/h1-3,6,8-9H,4-5,7H2,(H,16,17)(H,13,14,15)/t8-,9-/m0/s1. The van der Waals surface area contributed by atoms with Crippen LogP contribution in [0.4, 0.5) is 5.82 Å². The van der Waals surface area contributed by atoms with Gasteiger partial charge in [0, 0.05) is 12.1 Å². The van der Waals surface area contributed by atoms with Crippen LogP contribution < -0.4 is 5.32 Å². The Morgan fingerprint density at radius 1 is 1.29 bits per heavy atom. The lowest BCUT2D eigenvalue weighted by Crippen LogP contribution is -2.22. The fourth-order valence-electron chi connectivity index (χ4n) is 2.11. The third-order valence-electron chi connectivity index (χ3n) is 3.07. The van der Waals surface area contributed by atoms with Crippen molar-refractivity contribution in [3.8, 4) is 0 Å². The highest BCUT2D eigenvalue weighted by molar-refractivity contribution is 5.92. The molecule has 1 aliphatic rings. The van der Waals surface area contributed by atoms with E-state index in [0.717, 1.165) is 0 Å². The zero-order valence-electron chi connectivity index (χ0n) is 9.30. The number of aromatic nitrogens is 1. The number of carboxylic acids is 1. The number of carbonyl (C=O) groups excluding carboxylic acids is 1. The van der Waals surface area contributed by atoms with E-state index in [2.05, 4.69) is 10.3 Å². The SMILES string of the molecule is O=C(O)[C@H]1CC[C@H](C(=O)Nc2ccccn2)C1. The monoisotopic (exact) mass is 234 g/mol. The third-order valence-corrected chi connectivity index (χ3v) is 3.07. The predicted molar refractivity (Wildman–Crippen MR) is 61.3 cm³/mol. The molecule has 0 aliphatic heterocycles. The third kappa shape index (κ3) is 2.81. The predicted octanol–water partition coefficient (Wildman–Crippen LogP) is 1.52. The number of aliphatic carboxylic acids is 1. The summed E-state index contributed by atoms with van der Waals surface area (Å²) < 4.78 is 0. The van der Waals surface area contributed by atoms with Gasteiger partial charge in [-0.1, -0.05) is 6.07 Å². The topological polar surface area (TPSA) is 79.3 Å². The number of amides is 1. The zero-order chi connectivity index (χ0) is 12.3. The second-order valence-electron chi connectivity index (χ2n) is 4.25. The second-order valence-corrected chi connectivity index (χ2v) is 4.25. The first-order chi connectivity index (χ1) is 8.16. The molecule has 0 spiro atoms. The van der Waals surface area contributed by atoms with Gasteiger partial charge in [0.25, 0.3) is 0 Å². The number of carboxylic acid groups (broad SMARTS) is 1. The van der Waals surface area contributed by atoms with E-state index in [1.165, 1.54) is 0 Å². The minimum absolute atomic E-state index is 0.132. The molecule has 0 radical (unpaired) electrons. The van der Waals surface area contributed by atoms with E-state index in [1.807, 2.05) is 0 Å². The first-order valence-electron chi connectivity index (χ1n) is 5.61. The number of pyridine rings is 1. The minimum atomic E-state index is -0.807. The molecule has 17 heavy (non-hydrogen) atoms. The van der Waals surface area contributed by atoms with Crippen LogP contribution >= 0.6 is 0 Å². The van der Waals surface area contributed by atoms with E-state index < -0.39 is 5.97 Å². The second kappa shape index (κ2) is 4.95. The molecule has 1 aromatic heterocycles. The Morgan fingerprint density at radius 3 is 2.65 bits per heavy atom. The Balaban J connectivity index is 1.92. The highest BCUT2D eigenvalue weighted by atomic mass is 16.4. The number of anilines is 1. The Labute approximate surface area is 98.9 Å². The maximum atomic E-state index is 11.8. The van der Waals surface area contributed by atoms with E-state index in [0.29, 0.717) is 25.1 Å². The van der Waals surface area contributed by atoms with Crippen LogP contribution in [0.3, 0.4) is 0 Å². The number of hydrogen-bond donors (Lipinski definition) is 2. The molecule has 0 aromatic carbocycles. The summed E-state index contributed by atoms with van der Waals surface area (Å²) in [6.45, 7) is 0. The molecule has 1 amide bonds. The number of nitrogens with zero attached hydrogens (tertiary/aromatic N) is 1. The van der Waals surface area contributed by atoms with Gasteiger partial charge in [-0.05, 0) is 31.4 Å². The van der Waals surface area contributed by atoms with Crippen molar-refractivity contribution in [2.45, 2.75) is 19.3 Å². The summed E-state index contributed by atoms with van der Waals surface area (Å²) in [6, 6.07) is 5.27. The van der Waals surface area contributed by atoms with Crippen molar-refractivity contribution in [3.05, 3.63) is 24.4 Å². The quantitative estimate of drug-likeness (QED) is 0.831. The van der Waals surface area contributed by atoms with Crippen molar-refractivity contribution in [2.75, 3.05) is 5.32 Å². The molecule has 1 saturated carbocycles. The van der Waals surface area contributed by atoms with Gasteiger partial charge in [-0.15, -0.1) is 0 Å². The molecule has 1 heterocycles. The maximum Gasteiger partial charge on any atom is 0.306 e. The normalized spacial score (nSPS) is 23.3. The van der Waals surface area contributed by atoms with Crippen LogP contribution in [-0.2, 0) is 9.59 Å². The molecule has 2 rings (SSSR count). The van der Waals surface area contributed by atoms with E-state index in [4.69, 9.17) is 5.11 Å². The van der Waals surface area contributed by atoms with Crippen LogP contribution in [0.25, 0.3) is 0 Å². The summed E-state index contributed by atoms with van der Waals surface area (Å²) in [5, 5.41) is 11.6. The Bertz CT molecular complexity index is 419. The van der Waals surface area contributed by atoms with Crippen molar-refractivity contribution in [1.29, 1.82) is 0 Å². The van der Waals surface area contributed by atoms with Crippen molar-refractivity contribution < 1.29 is 14.7 Å². The number of nitrogens with one attached hydrogen (secondary N) is 1. The smallest absolute Gasteiger partial charge is 0.306 e. The fraction of sp³-hybridized carbons (Fsp3) is 0.417. The summed E-state index contributed by atoms with van der Waals surface area (Å²) >= 11 is 0. The van der Waals surface area contributed by atoms with Gasteiger partial charge in [-0.25, -0.2) is 4.98 Å². The number of carbonyl (C=O) groups is 2. The number of rotatable bonds is 3. The van der Waals surface area contributed by atoms with Crippen LogP contribution in [0.5, 0.6) is 0 Å². The van der Waals surface area contributed by atoms with Gasteiger partial charge >= 0.3 is 5.97 Å². The molecular formula is C12H14N2O3. The molecule has 2 atom stereocenters. The molecule has 2 N–H and O–H groups in total. The largest absolute Gasteiger partial charge is 0.481 e. The Hall–Kier alpha value is -1.91. The maximum absolute atomic E-state index is 11.8. The van der Waals surface area contributed by atoms with Crippen molar-refractivity contribution in [2.24, 2.45) is 11.8 Å². The highest BCUT2D eigenvalue weighted by Gasteiger charge is 2.33. The Kier molecular flexibility index (Phi) is 3.37. The average Bonchev–Trinajstić information content (AvgIpc) is 2.79. The fourth-order valence-corrected chi connectivity index (χ4v) is 2.11. The summed E-state index contributed by atoms with van der Waals surface area (Å²) in [5.41, 5.74) is 0. The summed E-state index contributed by atoms with van der Waals surface area (Å²) in [4.78, 5) is 26.6. The molecule has 90 valence electrons. The van der Waals surface area contributed by atoms with E-state index >= 15 is 0 Å². The van der Waals surface area contributed by atoms with Gasteiger partial charge in [-0.2, -0.15) is 0 Å². The van der Waals surface area contributed by atoms with Gasteiger partial charge in [-0.3, -0.25) is 9.59 Å². The molecule has 0 bridgehead atoms. The number of hydrogen-bond acceptors (Lipinski definition) is 3. The summed E-state index contributed by atoms with van der Waals surface area (Å²) in [7, 11) is 0. The van der Waals surface area contributed by atoms with Crippen LogP contribution in [0.15, 0.2) is 24.4 Å². The van der Waals surface area contributed by atoms with Crippen molar-refractivity contribution in [1.82, 2.24) is 4.98 Å². The lowest BCUT2D eigenvalue weighted by molar-refractivity contribution is -0.141. The Morgan fingerprint density at radius 2 is 2.06 bits per heavy atom. The minimum Gasteiger partial charge on any atom is -0.481 e. The lowest BCUT2D eigenvalue weighted by Gasteiger charge is -2.09. The van der Waals surface area contributed by atoms with E-state index in [9.17, 15) is 9.59 Å². The molecule has 1 aliphatic carbocycles.